The van der Waals surface area contributed by atoms with Crippen LogP contribution in [0.15, 0.2) is 61.2 Å². The lowest BCUT2D eigenvalue weighted by Gasteiger charge is -2.08. The van der Waals surface area contributed by atoms with Crippen LogP contribution in [0.25, 0.3) is 28.3 Å². The van der Waals surface area contributed by atoms with Crippen LogP contribution in [0.3, 0.4) is 0 Å². The van der Waals surface area contributed by atoms with Crippen molar-refractivity contribution >= 4 is 17.7 Å². The van der Waals surface area contributed by atoms with Gasteiger partial charge >= 0.3 is 0 Å². The third-order valence-corrected chi connectivity index (χ3v) is 4.10. The van der Waals surface area contributed by atoms with Gasteiger partial charge in [0.1, 0.15) is 22.5 Å². The number of rotatable bonds is 3. The summed E-state index contributed by atoms with van der Waals surface area (Å²) < 4.78 is 41.6. The van der Waals surface area contributed by atoms with E-state index in [2.05, 4.69) is 6.58 Å². The Labute approximate surface area is 142 Å². The van der Waals surface area contributed by atoms with E-state index in [9.17, 15) is 13.2 Å². The van der Waals surface area contributed by atoms with E-state index < -0.39 is 22.5 Å². The first-order valence-corrected chi connectivity index (χ1v) is 7.54. The Morgan fingerprint density at radius 2 is 1.25 bits per heavy atom. The fraction of sp³-hybridized carbons (Fsp3) is 0. The molecule has 3 rings (SSSR count). The smallest absolute Gasteiger partial charge is 0.145 e. The SMILES string of the molecule is C=Cc1ccc(-c2ccc(-c3cc(F)c(Cl)c(F)c3)c(F)c2)cc1. The minimum atomic E-state index is -0.921. The Bertz CT molecular complexity index is 892. The lowest BCUT2D eigenvalue weighted by atomic mass is 9.99. The molecule has 0 saturated carbocycles. The van der Waals surface area contributed by atoms with Crippen molar-refractivity contribution in [2.75, 3.05) is 0 Å². The molecule has 3 aromatic rings. The maximum Gasteiger partial charge on any atom is 0.145 e. The van der Waals surface area contributed by atoms with Gasteiger partial charge in [0.15, 0.2) is 0 Å². The molecule has 0 unspecified atom stereocenters. The largest absolute Gasteiger partial charge is 0.206 e. The predicted molar refractivity (Wildman–Crippen MR) is 92.3 cm³/mol. The van der Waals surface area contributed by atoms with Crippen molar-refractivity contribution in [2.24, 2.45) is 0 Å². The summed E-state index contributed by atoms with van der Waals surface area (Å²) in [5.41, 5.74) is 2.67. The van der Waals surface area contributed by atoms with Crippen molar-refractivity contribution in [3.63, 3.8) is 0 Å². The van der Waals surface area contributed by atoms with Gasteiger partial charge in [-0.15, -0.1) is 0 Å². The van der Waals surface area contributed by atoms with E-state index in [1.807, 2.05) is 24.3 Å². The van der Waals surface area contributed by atoms with Crippen molar-refractivity contribution in [1.29, 1.82) is 0 Å². The zero-order valence-electron chi connectivity index (χ0n) is 12.5. The predicted octanol–water partition coefficient (Wildman–Crippen LogP) is 6.73. The Hall–Kier alpha value is -2.52. The first-order valence-electron chi connectivity index (χ1n) is 7.17. The molecule has 24 heavy (non-hydrogen) atoms. The molecule has 0 heterocycles. The van der Waals surface area contributed by atoms with Gasteiger partial charge in [0.05, 0.1) is 0 Å². The summed E-state index contributed by atoms with van der Waals surface area (Å²) in [6.07, 6.45) is 1.72. The molecule has 0 aromatic heterocycles. The second-order valence-electron chi connectivity index (χ2n) is 5.27. The van der Waals surface area contributed by atoms with Crippen molar-refractivity contribution in [1.82, 2.24) is 0 Å². The van der Waals surface area contributed by atoms with Crippen LogP contribution in [0.2, 0.25) is 5.02 Å². The number of halogens is 4. The summed E-state index contributed by atoms with van der Waals surface area (Å²) in [5, 5.41) is -0.599. The number of hydrogen-bond donors (Lipinski definition) is 0. The van der Waals surface area contributed by atoms with E-state index in [0.717, 1.165) is 23.3 Å². The highest BCUT2D eigenvalue weighted by Gasteiger charge is 2.13. The zero-order valence-corrected chi connectivity index (χ0v) is 13.2. The first-order chi connectivity index (χ1) is 11.5. The Morgan fingerprint density at radius 1 is 0.708 bits per heavy atom. The van der Waals surface area contributed by atoms with Gasteiger partial charge in [-0.3, -0.25) is 0 Å². The summed E-state index contributed by atoms with van der Waals surface area (Å²) in [5.74, 6) is -2.41. The van der Waals surface area contributed by atoms with Crippen LogP contribution in [0.4, 0.5) is 13.2 Å². The minimum Gasteiger partial charge on any atom is -0.206 e. The molecule has 0 nitrogen and oxygen atoms in total. The molecule has 0 aliphatic heterocycles. The molecular formula is C20H12ClF3. The fourth-order valence-corrected chi connectivity index (χ4v) is 2.56. The second-order valence-corrected chi connectivity index (χ2v) is 5.65. The molecular weight excluding hydrogens is 333 g/mol. The highest BCUT2D eigenvalue weighted by atomic mass is 35.5. The summed E-state index contributed by atoms with van der Waals surface area (Å²) in [6, 6.07) is 14.0. The van der Waals surface area contributed by atoms with Gasteiger partial charge in [-0.2, -0.15) is 0 Å². The van der Waals surface area contributed by atoms with Crippen LogP contribution in [-0.2, 0) is 0 Å². The molecule has 4 heteroatoms. The molecule has 0 fully saturated rings. The molecule has 0 radical (unpaired) electrons. The van der Waals surface area contributed by atoms with E-state index >= 15 is 0 Å². The maximum absolute atomic E-state index is 14.4. The summed E-state index contributed by atoms with van der Waals surface area (Å²) >= 11 is 5.46. The van der Waals surface area contributed by atoms with Crippen LogP contribution < -0.4 is 0 Å². The first kappa shape index (κ1) is 16.3. The summed E-state index contributed by atoms with van der Waals surface area (Å²) in [4.78, 5) is 0. The average Bonchev–Trinajstić information content (AvgIpc) is 2.59. The van der Waals surface area contributed by atoms with E-state index in [4.69, 9.17) is 11.6 Å². The molecule has 0 spiro atoms. The van der Waals surface area contributed by atoms with Crippen molar-refractivity contribution in [2.45, 2.75) is 0 Å². The van der Waals surface area contributed by atoms with E-state index in [1.54, 1.807) is 12.1 Å². The summed E-state index contributed by atoms with van der Waals surface area (Å²) in [7, 11) is 0. The molecule has 0 aliphatic carbocycles. The number of hydrogen-bond acceptors (Lipinski definition) is 0. The molecule has 0 amide bonds. The minimum absolute atomic E-state index is 0.0976. The topological polar surface area (TPSA) is 0 Å². The molecule has 3 aromatic carbocycles. The second kappa shape index (κ2) is 6.54. The third kappa shape index (κ3) is 3.08. The molecule has 0 aliphatic rings. The maximum atomic E-state index is 14.4. The number of benzene rings is 3. The zero-order chi connectivity index (χ0) is 17.3. The van der Waals surface area contributed by atoms with Gasteiger partial charge in [0, 0.05) is 5.56 Å². The lowest BCUT2D eigenvalue weighted by molar-refractivity contribution is 0.584. The third-order valence-electron chi connectivity index (χ3n) is 3.74. The van der Waals surface area contributed by atoms with Crippen molar-refractivity contribution < 1.29 is 13.2 Å². The van der Waals surface area contributed by atoms with Crippen LogP contribution in [0.5, 0.6) is 0 Å². The fourth-order valence-electron chi connectivity index (χ4n) is 2.45. The lowest BCUT2D eigenvalue weighted by Crippen LogP contribution is -1.91. The van der Waals surface area contributed by atoms with Crippen LogP contribution in [-0.4, -0.2) is 0 Å². The van der Waals surface area contributed by atoms with E-state index in [-0.39, 0.29) is 11.1 Å². The van der Waals surface area contributed by atoms with Gasteiger partial charge in [-0.1, -0.05) is 60.7 Å². The molecule has 0 saturated heterocycles. The Kier molecular flexibility index (Phi) is 4.45. The van der Waals surface area contributed by atoms with Gasteiger partial charge in [0.25, 0.3) is 0 Å². The molecule has 0 atom stereocenters. The monoisotopic (exact) mass is 344 g/mol. The quantitative estimate of drug-likeness (QED) is 0.462. The summed E-state index contributed by atoms with van der Waals surface area (Å²) in [6.45, 7) is 3.68. The molecule has 0 bridgehead atoms. The highest BCUT2D eigenvalue weighted by Crippen LogP contribution is 2.31. The highest BCUT2D eigenvalue weighted by molar-refractivity contribution is 6.31. The van der Waals surface area contributed by atoms with Gasteiger partial charge in [0.2, 0.25) is 0 Å². The van der Waals surface area contributed by atoms with Gasteiger partial charge in [-0.05, 0) is 40.5 Å². The van der Waals surface area contributed by atoms with Gasteiger partial charge < -0.3 is 0 Å². The van der Waals surface area contributed by atoms with Gasteiger partial charge in [-0.25, -0.2) is 13.2 Å². The van der Waals surface area contributed by atoms with Crippen molar-refractivity contribution in [3.8, 4) is 22.3 Å². The Balaban J connectivity index is 2.02. The standard InChI is InChI=1S/C20H12ClF3/c1-2-12-3-5-13(6-4-12)14-7-8-16(17(22)9-14)15-10-18(23)20(21)19(24)11-15/h2-11H,1H2. The van der Waals surface area contributed by atoms with Crippen LogP contribution >= 0.6 is 11.6 Å². The molecule has 0 N–H and O–H groups in total. The van der Waals surface area contributed by atoms with E-state index in [1.165, 1.54) is 12.1 Å². The Morgan fingerprint density at radius 3 is 1.79 bits per heavy atom. The molecule has 120 valence electrons. The van der Waals surface area contributed by atoms with E-state index in [0.29, 0.717) is 5.56 Å². The normalized spacial score (nSPS) is 10.7. The van der Waals surface area contributed by atoms with Crippen LogP contribution in [0, 0.1) is 17.5 Å². The average molecular weight is 345 g/mol. The van der Waals surface area contributed by atoms with Crippen molar-refractivity contribution in [3.05, 3.63) is 89.2 Å². The van der Waals surface area contributed by atoms with Crippen LogP contribution in [0.1, 0.15) is 5.56 Å².